The van der Waals surface area contributed by atoms with Crippen LogP contribution in [0.2, 0.25) is 0 Å². The Kier molecular flexibility index (Phi) is 2.82. The van der Waals surface area contributed by atoms with Crippen molar-refractivity contribution in [2.45, 2.75) is 24.2 Å². The lowest BCUT2D eigenvalue weighted by Crippen LogP contribution is -2.21. The maximum Gasteiger partial charge on any atom is 0.306 e. The van der Waals surface area contributed by atoms with Crippen molar-refractivity contribution in [2.75, 3.05) is 6.26 Å². The third-order valence-corrected chi connectivity index (χ3v) is 4.47. The van der Waals surface area contributed by atoms with Gasteiger partial charge < -0.3 is 10.1 Å². The predicted octanol–water partition coefficient (Wildman–Crippen LogP) is 3.08. The van der Waals surface area contributed by atoms with Gasteiger partial charge in [0.25, 0.3) is 0 Å². The number of benzene rings is 1. The minimum absolute atomic E-state index is 0.231. The standard InChI is InChI=1S/C14H15NO2S/c1-18-9-3-5-12-11(7-9)10-4-2-8(14(16)17)6-13(10)15-12/h3,5,7-8,15H,2,4,6H2,1H3,(H,16,17). The van der Waals surface area contributed by atoms with E-state index < -0.39 is 5.97 Å². The first-order valence-corrected chi connectivity index (χ1v) is 7.32. The minimum Gasteiger partial charge on any atom is -0.481 e. The fourth-order valence-electron chi connectivity index (χ4n) is 2.75. The Hall–Kier alpha value is -1.42. The first-order valence-electron chi connectivity index (χ1n) is 6.09. The van der Waals surface area contributed by atoms with Gasteiger partial charge in [0.15, 0.2) is 0 Å². The van der Waals surface area contributed by atoms with Crippen LogP contribution in [0.25, 0.3) is 10.9 Å². The third-order valence-electron chi connectivity index (χ3n) is 3.74. The highest BCUT2D eigenvalue weighted by atomic mass is 32.2. The number of nitrogens with one attached hydrogen (secondary N) is 1. The smallest absolute Gasteiger partial charge is 0.306 e. The summed E-state index contributed by atoms with van der Waals surface area (Å²) in [6.45, 7) is 0. The summed E-state index contributed by atoms with van der Waals surface area (Å²) < 4.78 is 0. The minimum atomic E-state index is -0.677. The van der Waals surface area contributed by atoms with E-state index >= 15 is 0 Å². The summed E-state index contributed by atoms with van der Waals surface area (Å²) >= 11 is 1.74. The van der Waals surface area contributed by atoms with Gasteiger partial charge in [-0.3, -0.25) is 4.79 Å². The number of carboxylic acids is 1. The first-order chi connectivity index (χ1) is 8.69. The number of hydrogen-bond donors (Lipinski definition) is 2. The summed E-state index contributed by atoms with van der Waals surface area (Å²) in [5, 5.41) is 10.4. The fourth-order valence-corrected chi connectivity index (χ4v) is 3.19. The highest BCUT2D eigenvalue weighted by molar-refractivity contribution is 7.98. The number of carboxylic acid groups (broad SMARTS) is 1. The first kappa shape index (κ1) is 11.7. The molecular formula is C14H15NO2S. The van der Waals surface area contributed by atoms with Crippen LogP contribution in [0.1, 0.15) is 17.7 Å². The molecule has 0 amide bonds. The topological polar surface area (TPSA) is 53.1 Å². The lowest BCUT2D eigenvalue weighted by Gasteiger charge is -2.18. The van der Waals surface area contributed by atoms with Gasteiger partial charge in [0.1, 0.15) is 0 Å². The molecule has 0 fully saturated rings. The van der Waals surface area contributed by atoms with Crippen LogP contribution in [0.4, 0.5) is 0 Å². The summed E-state index contributed by atoms with van der Waals surface area (Å²) in [6.07, 6.45) is 4.32. The zero-order valence-corrected chi connectivity index (χ0v) is 11.0. The van der Waals surface area contributed by atoms with Crippen molar-refractivity contribution in [1.29, 1.82) is 0 Å². The summed E-state index contributed by atoms with van der Waals surface area (Å²) in [4.78, 5) is 15.7. The highest BCUT2D eigenvalue weighted by Gasteiger charge is 2.26. The number of aromatic nitrogens is 1. The molecule has 0 radical (unpaired) electrons. The average molecular weight is 261 g/mol. The average Bonchev–Trinajstić information content (AvgIpc) is 2.75. The van der Waals surface area contributed by atoms with E-state index in [1.165, 1.54) is 15.8 Å². The molecule has 3 nitrogen and oxygen atoms in total. The van der Waals surface area contributed by atoms with E-state index in [9.17, 15) is 4.79 Å². The summed E-state index contributed by atoms with van der Waals surface area (Å²) in [5.74, 6) is -0.908. The fraction of sp³-hybridized carbons (Fsp3) is 0.357. The quantitative estimate of drug-likeness (QED) is 0.817. The van der Waals surface area contributed by atoms with Gasteiger partial charge >= 0.3 is 5.97 Å². The molecule has 0 spiro atoms. The molecule has 0 bridgehead atoms. The molecule has 0 saturated carbocycles. The SMILES string of the molecule is CSc1ccc2[nH]c3c(c2c1)CCC(C(=O)O)C3. The third kappa shape index (κ3) is 1.81. The Morgan fingerprint density at radius 3 is 3.06 bits per heavy atom. The van der Waals surface area contributed by atoms with E-state index in [2.05, 4.69) is 29.4 Å². The van der Waals surface area contributed by atoms with E-state index in [1.807, 2.05) is 0 Å². The van der Waals surface area contributed by atoms with Crippen molar-refractivity contribution in [3.05, 3.63) is 29.5 Å². The van der Waals surface area contributed by atoms with Crippen LogP contribution in [-0.2, 0) is 17.6 Å². The Morgan fingerprint density at radius 1 is 1.50 bits per heavy atom. The van der Waals surface area contributed by atoms with Gasteiger partial charge in [-0.1, -0.05) is 0 Å². The number of fused-ring (bicyclic) bond motifs is 3. The molecule has 0 saturated heterocycles. The molecule has 1 heterocycles. The Morgan fingerprint density at radius 2 is 2.33 bits per heavy atom. The van der Waals surface area contributed by atoms with Gasteiger partial charge in [0, 0.05) is 27.9 Å². The number of aromatic amines is 1. The molecule has 0 aliphatic heterocycles. The molecule has 4 heteroatoms. The zero-order chi connectivity index (χ0) is 12.7. The monoisotopic (exact) mass is 261 g/mol. The lowest BCUT2D eigenvalue weighted by atomic mass is 9.87. The molecular weight excluding hydrogens is 246 g/mol. The number of thioether (sulfide) groups is 1. The van der Waals surface area contributed by atoms with Crippen molar-refractivity contribution in [3.8, 4) is 0 Å². The Balaban J connectivity index is 2.07. The maximum absolute atomic E-state index is 11.1. The molecule has 94 valence electrons. The van der Waals surface area contributed by atoms with Crippen LogP contribution < -0.4 is 0 Å². The van der Waals surface area contributed by atoms with Gasteiger partial charge in [-0.2, -0.15) is 0 Å². The van der Waals surface area contributed by atoms with E-state index in [1.54, 1.807) is 11.8 Å². The van der Waals surface area contributed by atoms with E-state index in [0.29, 0.717) is 6.42 Å². The largest absolute Gasteiger partial charge is 0.481 e. The summed E-state index contributed by atoms with van der Waals surface area (Å²) in [5.41, 5.74) is 3.56. The summed E-state index contributed by atoms with van der Waals surface area (Å²) in [7, 11) is 0. The molecule has 3 rings (SSSR count). The number of hydrogen-bond acceptors (Lipinski definition) is 2. The molecule has 2 N–H and O–H groups in total. The number of carbonyl (C=O) groups is 1. The number of aryl methyl sites for hydroxylation is 1. The lowest BCUT2D eigenvalue weighted by molar-refractivity contribution is -0.142. The van der Waals surface area contributed by atoms with Crippen LogP contribution in [0.5, 0.6) is 0 Å². The van der Waals surface area contributed by atoms with Crippen LogP contribution >= 0.6 is 11.8 Å². The van der Waals surface area contributed by atoms with E-state index in [-0.39, 0.29) is 5.92 Å². The summed E-state index contributed by atoms with van der Waals surface area (Å²) in [6, 6.07) is 6.40. The highest BCUT2D eigenvalue weighted by Crippen LogP contribution is 2.33. The van der Waals surface area contributed by atoms with Crippen molar-refractivity contribution in [3.63, 3.8) is 0 Å². The van der Waals surface area contributed by atoms with Crippen LogP contribution in [0, 0.1) is 5.92 Å². The molecule has 1 aromatic carbocycles. The van der Waals surface area contributed by atoms with Crippen molar-refractivity contribution in [2.24, 2.45) is 5.92 Å². The number of aliphatic carboxylic acids is 1. The Bertz CT molecular complexity index is 618. The normalized spacial score (nSPS) is 18.8. The van der Waals surface area contributed by atoms with Crippen molar-refractivity contribution < 1.29 is 9.90 Å². The molecule has 18 heavy (non-hydrogen) atoms. The van der Waals surface area contributed by atoms with Gasteiger partial charge in [-0.15, -0.1) is 11.8 Å². The van der Waals surface area contributed by atoms with Crippen LogP contribution in [0.3, 0.4) is 0 Å². The van der Waals surface area contributed by atoms with Gasteiger partial charge in [-0.05, 0) is 42.9 Å². The predicted molar refractivity (Wildman–Crippen MR) is 73.2 cm³/mol. The molecule has 1 unspecified atom stereocenters. The van der Waals surface area contributed by atoms with Crippen LogP contribution in [-0.4, -0.2) is 22.3 Å². The van der Waals surface area contributed by atoms with E-state index in [4.69, 9.17) is 5.11 Å². The second-order valence-electron chi connectivity index (χ2n) is 4.77. The van der Waals surface area contributed by atoms with Gasteiger partial charge in [-0.25, -0.2) is 0 Å². The maximum atomic E-state index is 11.1. The van der Waals surface area contributed by atoms with Gasteiger partial charge in [0.05, 0.1) is 5.92 Å². The molecule has 2 aromatic rings. The number of rotatable bonds is 2. The van der Waals surface area contributed by atoms with E-state index in [0.717, 1.165) is 24.1 Å². The van der Waals surface area contributed by atoms with Crippen molar-refractivity contribution >= 4 is 28.6 Å². The zero-order valence-electron chi connectivity index (χ0n) is 10.2. The second-order valence-corrected chi connectivity index (χ2v) is 5.65. The van der Waals surface area contributed by atoms with Crippen LogP contribution in [0.15, 0.2) is 23.1 Å². The molecule has 1 aliphatic carbocycles. The van der Waals surface area contributed by atoms with Crippen molar-refractivity contribution in [1.82, 2.24) is 4.98 Å². The molecule has 1 atom stereocenters. The molecule has 1 aromatic heterocycles. The number of H-pyrrole nitrogens is 1. The van der Waals surface area contributed by atoms with Gasteiger partial charge in [0.2, 0.25) is 0 Å². The second kappa shape index (κ2) is 4.35. The Labute approximate surface area is 110 Å². The molecule has 1 aliphatic rings.